The van der Waals surface area contributed by atoms with Crippen LogP contribution < -0.4 is 4.74 Å². The van der Waals surface area contributed by atoms with Crippen LogP contribution >= 0.6 is 0 Å². The standard InChI is InChI=1S/C15H14N6O/c1-3-22-12-6-4-11(5-7-12)21-18-14-8-10(2)13(17-20-16)9-15(14)19-21/h4-9H,3H2,1-2H3. The topological polar surface area (TPSA) is 88.7 Å². The van der Waals surface area contributed by atoms with Crippen LogP contribution in [0.5, 0.6) is 5.75 Å². The zero-order valence-electron chi connectivity index (χ0n) is 12.3. The van der Waals surface area contributed by atoms with Crippen molar-refractivity contribution in [3.8, 4) is 11.4 Å². The summed E-state index contributed by atoms with van der Waals surface area (Å²) in [6, 6.07) is 11.1. The third kappa shape index (κ3) is 2.57. The average molecular weight is 294 g/mol. The van der Waals surface area contributed by atoms with Gasteiger partial charge in [-0.05, 0) is 61.3 Å². The lowest BCUT2D eigenvalue weighted by Gasteiger charge is -2.03. The summed E-state index contributed by atoms with van der Waals surface area (Å²) in [6.07, 6.45) is 0. The molecular formula is C15H14N6O. The molecule has 0 saturated heterocycles. The van der Waals surface area contributed by atoms with E-state index in [2.05, 4.69) is 20.2 Å². The fourth-order valence-electron chi connectivity index (χ4n) is 2.17. The second kappa shape index (κ2) is 5.75. The van der Waals surface area contributed by atoms with E-state index in [0.717, 1.165) is 22.5 Å². The molecule has 3 rings (SSSR count). The van der Waals surface area contributed by atoms with E-state index < -0.39 is 0 Å². The Kier molecular flexibility index (Phi) is 3.64. The van der Waals surface area contributed by atoms with Crippen molar-refractivity contribution in [1.82, 2.24) is 15.0 Å². The molecule has 0 amide bonds. The van der Waals surface area contributed by atoms with E-state index in [9.17, 15) is 0 Å². The summed E-state index contributed by atoms with van der Waals surface area (Å²) in [4.78, 5) is 4.38. The zero-order valence-corrected chi connectivity index (χ0v) is 12.3. The molecule has 0 unspecified atom stereocenters. The highest BCUT2D eigenvalue weighted by atomic mass is 16.5. The lowest BCUT2D eigenvalue weighted by atomic mass is 10.2. The molecule has 0 aliphatic rings. The smallest absolute Gasteiger partial charge is 0.119 e. The van der Waals surface area contributed by atoms with Crippen LogP contribution in [-0.2, 0) is 0 Å². The number of aryl methyl sites for hydroxylation is 1. The molecule has 0 atom stereocenters. The van der Waals surface area contributed by atoms with Gasteiger partial charge >= 0.3 is 0 Å². The number of hydrogen-bond acceptors (Lipinski definition) is 4. The number of hydrogen-bond donors (Lipinski definition) is 0. The molecule has 0 spiro atoms. The minimum absolute atomic E-state index is 0.564. The fraction of sp³-hybridized carbons (Fsp3) is 0.200. The first kappa shape index (κ1) is 13.9. The van der Waals surface area contributed by atoms with Crippen molar-refractivity contribution in [2.75, 3.05) is 6.61 Å². The first-order chi connectivity index (χ1) is 10.7. The Hall–Kier alpha value is -3.05. The molecular weight excluding hydrogens is 280 g/mol. The number of azide groups is 1. The van der Waals surface area contributed by atoms with E-state index in [1.165, 1.54) is 0 Å². The summed E-state index contributed by atoms with van der Waals surface area (Å²) in [5.74, 6) is 0.810. The maximum absolute atomic E-state index is 8.57. The third-order valence-electron chi connectivity index (χ3n) is 3.23. The number of nitrogens with zero attached hydrogens (tertiary/aromatic N) is 6. The van der Waals surface area contributed by atoms with Crippen LogP contribution in [0.15, 0.2) is 41.5 Å². The molecule has 0 bridgehead atoms. The van der Waals surface area contributed by atoms with Crippen molar-refractivity contribution in [1.29, 1.82) is 0 Å². The van der Waals surface area contributed by atoms with Crippen LogP contribution in [0.4, 0.5) is 5.69 Å². The molecule has 0 aliphatic heterocycles. The Morgan fingerprint density at radius 1 is 1.18 bits per heavy atom. The number of benzene rings is 2. The Morgan fingerprint density at radius 2 is 1.86 bits per heavy atom. The van der Waals surface area contributed by atoms with Gasteiger partial charge in [-0.2, -0.15) is 4.80 Å². The third-order valence-corrected chi connectivity index (χ3v) is 3.23. The van der Waals surface area contributed by atoms with Crippen molar-refractivity contribution in [2.24, 2.45) is 5.11 Å². The second-order valence-corrected chi connectivity index (χ2v) is 4.73. The molecule has 0 radical (unpaired) electrons. The van der Waals surface area contributed by atoms with Gasteiger partial charge in [0.05, 0.1) is 12.3 Å². The van der Waals surface area contributed by atoms with Gasteiger partial charge in [0.1, 0.15) is 16.8 Å². The number of fused-ring (bicyclic) bond motifs is 1. The van der Waals surface area contributed by atoms with Gasteiger partial charge in [-0.1, -0.05) is 5.11 Å². The van der Waals surface area contributed by atoms with Crippen molar-refractivity contribution < 1.29 is 4.74 Å². The van der Waals surface area contributed by atoms with Gasteiger partial charge in [-0.15, -0.1) is 10.2 Å². The van der Waals surface area contributed by atoms with Crippen LogP contribution in [0, 0.1) is 6.92 Å². The first-order valence-corrected chi connectivity index (χ1v) is 6.87. The predicted octanol–water partition coefficient (Wildman–Crippen LogP) is 4.07. The van der Waals surface area contributed by atoms with Gasteiger partial charge in [-0.3, -0.25) is 0 Å². The SMILES string of the molecule is CCOc1ccc(-n2nc3cc(C)c(N=[N+]=[N-])cc3n2)cc1. The fourth-order valence-corrected chi connectivity index (χ4v) is 2.17. The number of aromatic nitrogens is 3. The lowest BCUT2D eigenvalue weighted by molar-refractivity contribution is 0.340. The summed E-state index contributed by atoms with van der Waals surface area (Å²) in [5.41, 5.74) is 12.3. The van der Waals surface area contributed by atoms with Crippen molar-refractivity contribution >= 4 is 16.7 Å². The van der Waals surface area contributed by atoms with Gasteiger partial charge in [0.25, 0.3) is 0 Å². The number of ether oxygens (including phenoxy) is 1. The van der Waals surface area contributed by atoms with Crippen LogP contribution in [0.2, 0.25) is 0 Å². The minimum Gasteiger partial charge on any atom is -0.494 e. The normalized spacial score (nSPS) is 10.5. The molecule has 1 aromatic heterocycles. The molecule has 7 heteroatoms. The van der Waals surface area contributed by atoms with Gasteiger partial charge in [0, 0.05) is 10.6 Å². The van der Waals surface area contributed by atoms with E-state index in [1.807, 2.05) is 44.2 Å². The highest BCUT2D eigenvalue weighted by Crippen LogP contribution is 2.24. The number of rotatable bonds is 4. The van der Waals surface area contributed by atoms with Crippen molar-refractivity contribution in [3.63, 3.8) is 0 Å². The van der Waals surface area contributed by atoms with Gasteiger partial charge < -0.3 is 4.74 Å². The van der Waals surface area contributed by atoms with Crippen LogP contribution in [0.3, 0.4) is 0 Å². The largest absolute Gasteiger partial charge is 0.494 e. The van der Waals surface area contributed by atoms with Crippen molar-refractivity contribution in [2.45, 2.75) is 13.8 Å². The Bertz CT molecular complexity index is 862. The van der Waals surface area contributed by atoms with Gasteiger partial charge in [0.15, 0.2) is 0 Å². The predicted molar refractivity (Wildman–Crippen MR) is 83.6 cm³/mol. The second-order valence-electron chi connectivity index (χ2n) is 4.73. The maximum Gasteiger partial charge on any atom is 0.119 e. The van der Waals surface area contributed by atoms with Crippen LogP contribution in [0.1, 0.15) is 12.5 Å². The molecule has 0 fully saturated rings. The van der Waals surface area contributed by atoms with Gasteiger partial charge in [0.2, 0.25) is 0 Å². The van der Waals surface area contributed by atoms with Crippen molar-refractivity contribution in [3.05, 3.63) is 52.4 Å². The summed E-state index contributed by atoms with van der Waals surface area (Å²) < 4.78 is 5.42. The van der Waals surface area contributed by atoms with E-state index in [4.69, 9.17) is 10.3 Å². The Morgan fingerprint density at radius 3 is 2.50 bits per heavy atom. The molecule has 2 aromatic carbocycles. The highest BCUT2D eigenvalue weighted by molar-refractivity contribution is 5.79. The average Bonchev–Trinajstić information content (AvgIpc) is 2.92. The molecule has 1 heterocycles. The maximum atomic E-state index is 8.57. The summed E-state index contributed by atoms with van der Waals surface area (Å²) >= 11 is 0. The zero-order chi connectivity index (χ0) is 15.5. The monoisotopic (exact) mass is 294 g/mol. The molecule has 3 aromatic rings. The molecule has 7 nitrogen and oxygen atoms in total. The lowest BCUT2D eigenvalue weighted by Crippen LogP contribution is -1.98. The van der Waals surface area contributed by atoms with E-state index in [0.29, 0.717) is 17.8 Å². The molecule has 0 aliphatic carbocycles. The quantitative estimate of drug-likeness (QED) is 0.412. The summed E-state index contributed by atoms with van der Waals surface area (Å²) in [5, 5.41) is 12.5. The van der Waals surface area contributed by atoms with E-state index in [1.54, 1.807) is 10.9 Å². The van der Waals surface area contributed by atoms with Gasteiger partial charge in [-0.25, -0.2) is 0 Å². The van der Waals surface area contributed by atoms with E-state index >= 15 is 0 Å². The van der Waals surface area contributed by atoms with Crippen LogP contribution in [0.25, 0.3) is 27.2 Å². The minimum atomic E-state index is 0.564. The Labute approximate surface area is 126 Å². The Balaban J connectivity index is 2.02. The van der Waals surface area contributed by atoms with E-state index in [-0.39, 0.29) is 0 Å². The molecule has 110 valence electrons. The summed E-state index contributed by atoms with van der Waals surface area (Å²) in [7, 11) is 0. The highest BCUT2D eigenvalue weighted by Gasteiger charge is 2.08. The van der Waals surface area contributed by atoms with Crippen LogP contribution in [-0.4, -0.2) is 21.6 Å². The molecule has 0 saturated carbocycles. The molecule has 0 N–H and O–H groups in total. The molecule has 22 heavy (non-hydrogen) atoms. The summed E-state index contributed by atoms with van der Waals surface area (Å²) in [6.45, 7) is 4.45. The first-order valence-electron chi connectivity index (χ1n) is 6.87.